The zero-order chi connectivity index (χ0) is 13.3. The van der Waals surface area contributed by atoms with Gasteiger partial charge >= 0.3 is 0 Å². The summed E-state index contributed by atoms with van der Waals surface area (Å²) in [6.45, 7) is 10.8. The van der Waals surface area contributed by atoms with E-state index in [1.165, 1.54) is 0 Å². The Morgan fingerprint density at radius 3 is 2.33 bits per heavy atom. The topological polar surface area (TPSA) is 19.4 Å². The van der Waals surface area contributed by atoms with Crippen LogP contribution in [0.2, 0.25) is 5.02 Å². The molecule has 0 radical (unpaired) electrons. The van der Waals surface area contributed by atoms with Crippen molar-refractivity contribution >= 4 is 33.3 Å². The van der Waals surface area contributed by atoms with Crippen molar-refractivity contribution in [2.24, 2.45) is 0 Å². The van der Waals surface area contributed by atoms with Gasteiger partial charge in [0.15, 0.2) is 0 Å². The molecular formula is C13H19BrClN3. The van der Waals surface area contributed by atoms with Crippen molar-refractivity contribution in [3.8, 4) is 0 Å². The van der Waals surface area contributed by atoms with Crippen molar-refractivity contribution < 1.29 is 0 Å². The second-order valence-electron chi connectivity index (χ2n) is 5.60. The lowest BCUT2D eigenvalue weighted by molar-refractivity contribution is 0.128. The first-order valence-electron chi connectivity index (χ1n) is 6.19. The maximum Gasteiger partial charge on any atom is 0.147 e. The molecule has 1 fully saturated rings. The van der Waals surface area contributed by atoms with Crippen LogP contribution in [0.4, 0.5) is 5.82 Å². The summed E-state index contributed by atoms with van der Waals surface area (Å²) in [7, 11) is 0. The fourth-order valence-corrected chi connectivity index (χ4v) is 2.98. The Hall–Kier alpha value is -0.320. The summed E-state index contributed by atoms with van der Waals surface area (Å²) < 4.78 is 0.921. The van der Waals surface area contributed by atoms with E-state index >= 15 is 0 Å². The van der Waals surface area contributed by atoms with E-state index in [0.29, 0.717) is 5.02 Å². The predicted molar refractivity (Wildman–Crippen MR) is 80.5 cm³/mol. The third-order valence-electron chi connectivity index (χ3n) is 3.32. The van der Waals surface area contributed by atoms with Crippen LogP contribution in [-0.2, 0) is 0 Å². The Balaban J connectivity index is 2.06. The zero-order valence-corrected chi connectivity index (χ0v) is 13.4. The predicted octanol–water partition coefficient (Wildman–Crippen LogP) is 3.42. The average molecular weight is 333 g/mol. The highest BCUT2D eigenvalue weighted by molar-refractivity contribution is 9.10. The third kappa shape index (κ3) is 3.16. The van der Waals surface area contributed by atoms with Gasteiger partial charge in [-0.15, -0.1) is 0 Å². The Bertz CT molecular complexity index is 423. The minimum Gasteiger partial charge on any atom is -0.353 e. The van der Waals surface area contributed by atoms with Gasteiger partial charge < -0.3 is 4.90 Å². The maximum absolute atomic E-state index is 6.24. The lowest BCUT2D eigenvalue weighted by atomic mass is 10.1. The molecule has 0 unspecified atom stereocenters. The quantitative estimate of drug-likeness (QED) is 0.785. The molecule has 2 heterocycles. The molecule has 5 heteroatoms. The number of hydrogen-bond acceptors (Lipinski definition) is 3. The first-order valence-corrected chi connectivity index (χ1v) is 7.36. The van der Waals surface area contributed by atoms with Crippen LogP contribution in [0.15, 0.2) is 16.7 Å². The number of aromatic nitrogens is 1. The van der Waals surface area contributed by atoms with E-state index in [9.17, 15) is 0 Å². The maximum atomic E-state index is 6.24. The van der Waals surface area contributed by atoms with E-state index in [4.69, 9.17) is 11.6 Å². The number of anilines is 1. The van der Waals surface area contributed by atoms with Gasteiger partial charge in [-0.25, -0.2) is 4.98 Å². The van der Waals surface area contributed by atoms with Crippen molar-refractivity contribution in [3.63, 3.8) is 0 Å². The Kier molecular flexibility index (Phi) is 4.19. The summed E-state index contributed by atoms with van der Waals surface area (Å²) in [5.41, 5.74) is 0.239. The molecule has 100 valence electrons. The van der Waals surface area contributed by atoms with Crippen LogP contribution in [0.3, 0.4) is 0 Å². The number of pyridine rings is 1. The molecule has 0 amide bonds. The molecule has 0 aliphatic carbocycles. The monoisotopic (exact) mass is 331 g/mol. The molecule has 18 heavy (non-hydrogen) atoms. The fraction of sp³-hybridized carbons (Fsp3) is 0.615. The molecule has 1 saturated heterocycles. The fourth-order valence-electron chi connectivity index (χ4n) is 2.23. The molecule has 1 aliphatic heterocycles. The van der Waals surface area contributed by atoms with E-state index in [1.807, 2.05) is 6.07 Å². The van der Waals surface area contributed by atoms with E-state index in [1.54, 1.807) is 6.20 Å². The molecule has 2 rings (SSSR count). The van der Waals surface area contributed by atoms with Gasteiger partial charge in [-0.2, -0.15) is 0 Å². The van der Waals surface area contributed by atoms with Gasteiger partial charge in [0.25, 0.3) is 0 Å². The minimum atomic E-state index is 0.239. The van der Waals surface area contributed by atoms with Gasteiger partial charge in [0.05, 0.1) is 5.02 Å². The van der Waals surface area contributed by atoms with Crippen LogP contribution in [0.25, 0.3) is 0 Å². The molecule has 0 bridgehead atoms. The second kappa shape index (κ2) is 5.35. The van der Waals surface area contributed by atoms with Gasteiger partial charge in [-0.3, -0.25) is 4.90 Å². The summed E-state index contributed by atoms with van der Waals surface area (Å²) in [5, 5.41) is 0.716. The van der Waals surface area contributed by atoms with Crippen molar-refractivity contribution in [1.29, 1.82) is 0 Å². The van der Waals surface area contributed by atoms with Crippen molar-refractivity contribution in [1.82, 2.24) is 9.88 Å². The van der Waals surface area contributed by atoms with Gasteiger partial charge in [-0.05, 0) is 42.8 Å². The third-order valence-corrected chi connectivity index (χ3v) is 4.03. The highest BCUT2D eigenvalue weighted by Gasteiger charge is 2.26. The molecular weight excluding hydrogens is 314 g/mol. The molecule has 0 N–H and O–H groups in total. The van der Waals surface area contributed by atoms with Gasteiger partial charge in [0.1, 0.15) is 5.82 Å². The van der Waals surface area contributed by atoms with Crippen LogP contribution >= 0.6 is 27.5 Å². The number of nitrogens with zero attached hydrogens (tertiary/aromatic N) is 3. The van der Waals surface area contributed by atoms with E-state index in [0.717, 1.165) is 36.5 Å². The highest BCUT2D eigenvalue weighted by atomic mass is 79.9. The normalized spacial score (nSPS) is 18.2. The van der Waals surface area contributed by atoms with Crippen molar-refractivity contribution in [2.75, 3.05) is 31.1 Å². The van der Waals surface area contributed by atoms with Crippen LogP contribution < -0.4 is 4.90 Å². The summed E-state index contributed by atoms with van der Waals surface area (Å²) in [4.78, 5) is 9.17. The smallest absolute Gasteiger partial charge is 0.147 e. The summed E-state index contributed by atoms with van der Waals surface area (Å²) in [5.74, 6) is 0.897. The number of halogens is 2. The summed E-state index contributed by atoms with van der Waals surface area (Å²) in [6, 6.07) is 1.90. The number of hydrogen-bond donors (Lipinski definition) is 0. The van der Waals surface area contributed by atoms with E-state index < -0.39 is 0 Å². The van der Waals surface area contributed by atoms with Gasteiger partial charge in [0.2, 0.25) is 0 Å². The average Bonchev–Trinajstić information content (AvgIpc) is 2.28. The van der Waals surface area contributed by atoms with Crippen molar-refractivity contribution in [3.05, 3.63) is 21.8 Å². The molecule has 0 saturated carbocycles. The van der Waals surface area contributed by atoms with Crippen LogP contribution in [0.5, 0.6) is 0 Å². The summed E-state index contributed by atoms with van der Waals surface area (Å²) >= 11 is 9.62. The molecule has 1 aromatic rings. The Morgan fingerprint density at radius 2 is 1.83 bits per heavy atom. The standard InChI is InChI=1S/C13H19BrClN3/c1-13(2,3)18-6-4-17(5-7-18)12-11(15)8-10(14)9-16-12/h8-9H,4-7H2,1-3H3. The molecule has 0 spiro atoms. The Morgan fingerprint density at radius 1 is 1.22 bits per heavy atom. The Labute approximate surface area is 122 Å². The number of rotatable bonds is 1. The molecule has 3 nitrogen and oxygen atoms in total. The van der Waals surface area contributed by atoms with Crippen LogP contribution in [-0.4, -0.2) is 41.6 Å². The first-order chi connectivity index (χ1) is 8.38. The SMILES string of the molecule is CC(C)(C)N1CCN(c2ncc(Br)cc2Cl)CC1. The van der Waals surface area contributed by atoms with E-state index in [-0.39, 0.29) is 5.54 Å². The largest absolute Gasteiger partial charge is 0.353 e. The lowest BCUT2D eigenvalue weighted by Crippen LogP contribution is -2.53. The van der Waals surface area contributed by atoms with Gasteiger partial charge in [-0.1, -0.05) is 11.6 Å². The molecule has 1 aromatic heterocycles. The minimum absolute atomic E-state index is 0.239. The van der Waals surface area contributed by atoms with Crippen molar-refractivity contribution in [2.45, 2.75) is 26.3 Å². The van der Waals surface area contributed by atoms with E-state index in [2.05, 4.69) is 51.5 Å². The molecule has 0 aromatic carbocycles. The van der Waals surface area contributed by atoms with Crippen LogP contribution in [0, 0.1) is 0 Å². The molecule has 0 atom stereocenters. The number of piperazine rings is 1. The first kappa shape index (κ1) is 14.1. The second-order valence-corrected chi connectivity index (χ2v) is 6.93. The molecule has 1 aliphatic rings. The summed E-state index contributed by atoms with van der Waals surface area (Å²) in [6.07, 6.45) is 1.80. The van der Waals surface area contributed by atoms with Gasteiger partial charge in [0, 0.05) is 42.4 Å². The highest BCUT2D eigenvalue weighted by Crippen LogP contribution is 2.27. The lowest BCUT2D eigenvalue weighted by Gasteiger charge is -2.42. The van der Waals surface area contributed by atoms with Crippen LogP contribution in [0.1, 0.15) is 20.8 Å². The zero-order valence-electron chi connectivity index (χ0n) is 11.1.